The zero-order chi connectivity index (χ0) is 18.0. The molecule has 0 saturated carbocycles. The minimum Gasteiger partial charge on any atom is -0.457 e. The molecule has 0 aromatic heterocycles. The first-order valence-electron chi connectivity index (χ1n) is 8.89. The van der Waals surface area contributed by atoms with Gasteiger partial charge >= 0.3 is 5.97 Å². The predicted molar refractivity (Wildman–Crippen MR) is 89.6 cm³/mol. The van der Waals surface area contributed by atoms with Crippen molar-refractivity contribution in [2.24, 2.45) is 11.8 Å². The van der Waals surface area contributed by atoms with Crippen molar-refractivity contribution in [3.8, 4) is 23.0 Å². The largest absolute Gasteiger partial charge is 0.457 e. The van der Waals surface area contributed by atoms with Crippen LogP contribution in [0.1, 0.15) is 23.3 Å². The Hall–Kier alpha value is -2.93. The highest BCUT2D eigenvalue weighted by atomic mass is 16.7. The SMILES string of the molecule is O=C1O[C@H](c2ccc3c(c2)OCO3)[C@@H]2CO[C@@H](c3ccc4c(c3)OCO4)[C@@H]12. The molecule has 0 N–H and O–H groups in total. The molecule has 4 heterocycles. The summed E-state index contributed by atoms with van der Waals surface area (Å²) in [5, 5.41) is 0. The Balaban J connectivity index is 1.31. The van der Waals surface area contributed by atoms with E-state index >= 15 is 0 Å². The second-order valence-corrected chi connectivity index (χ2v) is 7.03. The van der Waals surface area contributed by atoms with Gasteiger partial charge in [0, 0.05) is 5.92 Å². The quantitative estimate of drug-likeness (QED) is 0.755. The minimum absolute atomic E-state index is 0.0479. The highest BCUT2D eigenvalue weighted by molar-refractivity contribution is 5.77. The van der Waals surface area contributed by atoms with Gasteiger partial charge < -0.3 is 28.4 Å². The molecule has 2 aromatic carbocycles. The standard InChI is InChI=1S/C20H16O7/c21-20-17-12(18(27-20)10-1-3-13-15(5-10)25-8-23-13)7-22-19(17)11-2-4-14-16(6-11)26-9-24-14/h1-6,12,17-19H,7-9H2/t12-,17+,18-,19+/m1/s1. The van der Waals surface area contributed by atoms with E-state index in [1.54, 1.807) is 0 Å². The van der Waals surface area contributed by atoms with Gasteiger partial charge in [-0.25, -0.2) is 0 Å². The fraction of sp³-hybridized carbons (Fsp3) is 0.350. The van der Waals surface area contributed by atoms with E-state index in [1.165, 1.54) is 0 Å². The van der Waals surface area contributed by atoms with Crippen LogP contribution in [0.25, 0.3) is 0 Å². The van der Waals surface area contributed by atoms with E-state index in [0.717, 1.165) is 11.1 Å². The lowest BCUT2D eigenvalue weighted by Gasteiger charge is -2.15. The summed E-state index contributed by atoms with van der Waals surface area (Å²) in [6.45, 7) is 0.879. The molecule has 7 heteroatoms. The van der Waals surface area contributed by atoms with E-state index in [2.05, 4.69) is 0 Å². The first-order chi connectivity index (χ1) is 13.3. The topological polar surface area (TPSA) is 72.5 Å². The van der Waals surface area contributed by atoms with Crippen LogP contribution in [-0.2, 0) is 14.3 Å². The van der Waals surface area contributed by atoms with Gasteiger partial charge in [0.15, 0.2) is 23.0 Å². The number of rotatable bonds is 2. The number of benzene rings is 2. The Labute approximate surface area is 154 Å². The third-order valence-electron chi connectivity index (χ3n) is 5.61. The van der Waals surface area contributed by atoms with Gasteiger partial charge in [-0.15, -0.1) is 0 Å². The zero-order valence-corrected chi connectivity index (χ0v) is 14.3. The first-order valence-corrected chi connectivity index (χ1v) is 8.89. The lowest BCUT2D eigenvalue weighted by molar-refractivity contribution is -0.148. The lowest BCUT2D eigenvalue weighted by Crippen LogP contribution is -2.17. The summed E-state index contributed by atoms with van der Waals surface area (Å²) in [5.41, 5.74) is 1.80. The highest BCUT2D eigenvalue weighted by Crippen LogP contribution is 2.52. The molecule has 0 spiro atoms. The minimum atomic E-state index is -0.351. The Morgan fingerprint density at radius 2 is 1.33 bits per heavy atom. The Morgan fingerprint density at radius 1 is 0.741 bits per heavy atom. The number of ether oxygens (including phenoxy) is 6. The van der Waals surface area contributed by atoms with Crippen molar-refractivity contribution < 1.29 is 33.2 Å². The second-order valence-electron chi connectivity index (χ2n) is 7.03. The summed E-state index contributed by atoms with van der Waals surface area (Å²) in [4.78, 5) is 12.7. The summed E-state index contributed by atoms with van der Waals surface area (Å²) in [7, 11) is 0. The molecule has 7 nitrogen and oxygen atoms in total. The average Bonchev–Trinajstić information content (AvgIpc) is 3.45. The molecule has 4 aliphatic rings. The highest BCUT2D eigenvalue weighted by Gasteiger charge is 2.54. The molecule has 0 aliphatic carbocycles. The van der Waals surface area contributed by atoms with Crippen LogP contribution in [0.2, 0.25) is 0 Å². The smallest absolute Gasteiger partial charge is 0.313 e. The number of cyclic esters (lactones) is 1. The van der Waals surface area contributed by atoms with E-state index in [-0.39, 0.29) is 43.6 Å². The molecule has 2 saturated heterocycles. The molecule has 138 valence electrons. The van der Waals surface area contributed by atoms with Crippen molar-refractivity contribution in [3.63, 3.8) is 0 Å². The van der Waals surface area contributed by atoms with Crippen molar-refractivity contribution in [2.45, 2.75) is 12.2 Å². The molecule has 27 heavy (non-hydrogen) atoms. The van der Waals surface area contributed by atoms with Gasteiger partial charge in [-0.1, -0.05) is 12.1 Å². The summed E-state index contributed by atoms with van der Waals surface area (Å²) in [6.07, 6.45) is -0.702. The van der Waals surface area contributed by atoms with Gasteiger partial charge in [-0.05, 0) is 35.4 Å². The van der Waals surface area contributed by atoms with Gasteiger partial charge in [-0.2, -0.15) is 0 Å². The van der Waals surface area contributed by atoms with Crippen molar-refractivity contribution in [3.05, 3.63) is 47.5 Å². The van der Waals surface area contributed by atoms with Crippen molar-refractivity contribution in [2.75, 3.05) is 20.2 Å². The van der Waals surface area contributed by atoms with E-state index in [4.69, 9.17) is 28.4 Å². The molecule has 2 fully saturated rings. The normalized spacial score (nSPS) is 29.7. The fourth-order valence-electron chi connectivity index (χ4n) is 4.31. The molecule has 2 aromatic rings. The van der Waals surface area contributed by atoms with Crippen molar-refractivity contribution >= 4 is 5.97 Å². The fourth-order valence-corrected chi connectivity index (χ4v) is 4.31. The second kappa shape index (κ2) is 5.53. The molecule has 0 radical (unpaired) electrons. The molecule has 0 bridgehead atoms. The Kier molecular flexibility index (Phi) is 3.11. The van der Waals surface area contributed by atoms with Gasteiger partial charge in [0.1, 0.15) is 6.10 Å². The maximum atomic E-state index is 12.7. The number of carbonyl (C=O) groups is 1. The van der Waals surface area contributed by atoms with Gasteiger partial charge in [0.05, 0.1) is 18.6 Å². The van der Waals surface area contributed by atoms with E-state index in [0.29, 0.717) is 29.6 Å². The molecule has 6 rings (SSSR count). The maximum Gasteiger partial charge on any atom is 0.313 e. The van der Waals surface area contributed by atoms with Crippen LogP contribution in [0, 0.1) is 11.8 Å². The van der Waals surface area contributed by atoms with E-state index in [9.17, 15) is 4.79 Å². The lowest BCUT2D eigenvalue weighted by atomic mass is 9.84. The average molecular weight is 368 g/mol. The number of esters is 1. The van der Waals surface area contributed by atoms with Crippen LogP contribution in [0.3, 0.4) is 0 Å². The summed E-state index contributed by atoms with van der Waals surface area (Å²) < 4.78 is 33.4. The van der Waals surface area contributed by atoms with Crippen LogP contribution < -0.4 is 18.9 Å². The van der Waals surface area contributed by atoms with Crippen LogP contribution in [0.5, 0.6) is 23.0 Å². The number of hydrogen-bond acceptors (Lipinski definition) is 7. The summed E-state index contributed by atoms with van der Waals surface area (Å²) >= 11 is 0. The van der Waals surface area contributed by atoms with Crippen LogP contribution in [0.4, 0.5) is 0 Å². The monoisotopic (exact) mass is 368 g/mol. The number of carbonyl (C=O) groups excluding carboxylic acids is 1. The summed E-state index contributed by atoms with van der Waals surface area (Å²) in [6, 6.07) is 11.3. The maximum absolute atomic E-state index is 12.7. The van der Waals surface area contributed by atoms with Crippen molar-refractivity contribution in [1.29, 1.82) is 0 Å². The molecule has 4 atom stereocenters. The molecule has 0 unspecified atom stereocenters. The van der Waals surface area contributed by atoms with Gasteiger partial charge in [-0.3, -0.25) is 4.79 Å². The third kappa shape index (κ3) is 2.21. The van der Waals surface area contributed by atoms with Crippen LogP contribution in [0.15, 0.2) is 36.4 Å². The predicted octanol–water partition coefficient (Wildman–Crippen LogP) is 2.75. The third-order valence-corrected chi connectivity index (χ3v) is 5.61. The first kappa shape index (κ1) is 15.2. The van der Waals surface area contributed by atoms with E-state index < -0.39 is 0 Å². The van der Waals surface area contributed by atoms with Crippen LogP contribution >= 0.6 is 0 Å². The zero-order valence-electron chi connectivity index (χ0n) is 14.3. The van der Waals surface area contributed by atoms with E-state index in [1.807, 2.05) is 36.4 Å². The summed E-state index contributed by atoms with van der Waals surface area (Å²) in [5.74, 6) is 2.15. The van der Waals surface area contributed by atoms with Crippen LogP contribution in [-0.4, -0.2) is 26.2 Å². The number of hydrogen-bond donors (Lipinski definition) is 0. The molecule has 4 aliphatic heterocycles. The number of fused-ring (bicyclic) bond motifs is 3. The van der Waals surface area contributed by atoms with Gasteiger partial charge in [0.2, 0.25) is 13.6 Å². The molecule has 0 amide bonds. The molecular weight excluding hydrogens is 352 g/mol. The van der Waals surface area contributed by atoms with Crippen molar-refractivity contribution in [1.82, 2.24) is 0 Å². The Bertz CT molecular complexity index is 884. The Morgan fingerprint density at radius 3 is 2.00 bits per heavy atom. The molecular formula is C20H16O7. The van der Waals surface area contributed by atoms with Gasteiger partial charge in [0.25, 0.3) is 0 Å².